The molecule has 0 heterocycles. The second kappa shape index (κ2) is 9.38. The Morgan fingerprint density at radius 2 is 1.66 bits per heavy atom. The molecule has 1 fully saturated rings. The summed E-state index contributed by atoms with van der Waals surface area (Å²) < 4.78 is 6.00. The van der Waals surface area contributed by atoms with E-state index in [2.05, 4.69) is 29.6 Å². The SMILES string of the molecule is O=C(N[C@H](CO)Cc1ccccc1)[C@@H]1[C@H](COCc2ccccc2)[C@@H]2C=C[C@H]1C2. The van der Waals surface area contributed by atoms with Crippen LogP contribution in [0.3, 0.4) is 0 Å². The number of carbonyl (C=O) groups is 1. The molecule has 0 aliphatic heterocycles. The number of fused-ring (bicyclic) bond motifs is 2. The molecule has 152 valence electrons. The lowest BCUT2D eigenvalue weighted by atomic mass is 9.82. The van der Waals surface area contributed by atoms with E-state index in [0.717, 1.165) is 17.5 Å². The minimum Gasteiger partial charge on any atom is -0.394 e. The van der Waals surface area contributed by atoms with Gasteiger partial charge in [-0.15, -0.1) is 0 Å². The molecule has 0 saturated heterocycles. The molecule has 0 aromatic heterocycles. The smallest absolute Gasteiger partial charge is 0.224 e. The highest BCUT2D eigenvalue weighted by molar-refractivity contribution is 5.80. The Labute approximate surface area is 172 Å². The number of amides is 1. The summed E-state index contributed by atoms with van der Waals surface area (Å²) >= 11 is 0. The van der Waals surface area contributed by atoms with Gasteiger partial charge < -0.3 is 15.2 Å². The van der Waals surface area contributed by atoms with E-state index in [1.165, 1.54) is 0 Å². The van der Waals surface area contributed by atoms with Crippen molar-refractivity contribution in [2.75, 3.05) is 13.2 Å². The van der Waals surface area contributed by atoms with Crippen molar-refractivity contribution in [1.29, 1.82) is 0 Å². The summed E-state index contributed by atoms with van der Waals surface area (Å²) in [5.41, 5.74) is 2.26. The largest absolute Gasteiger partial charge is 0.394 e. The molecule has 4 nitrogen and oxygen atoms in total. The predicted molar refractivity (Wildman–Crippen MR) is 113 cm³/mol. The molecule has 0 spiro atoms. The maximum absolute atomic E-state index is 13.1. The van der Waals surface area contributed by atoms with Crippen LogP contribution >= 0.6 is 0 Å². The van der Waals surface area contributed by atoms with E-state index >= 15 is 0 Å². The predicted octanol–water partition coefficient (Wildman–Crippen LogP) is 3.36. The van der Waals surface area contributed by atoms with Crippen molar-refractivity contribution in [2.24, 2.45) is 23.7 Å². The molecule has 2 bridgehead atoms. The Morgan fingerprint density at radius 1 is 1.00 bits per heavy atom. The molecule has 29 heavy (non-hydrogen) atoms. The monoisotopic (exact) mass is 391 g/mol. The molecule has 1 amide bonds. The first kappa shape index (κ1) is 19.9. The van der Waals surface area contributed by atoms with Gasteiger partial charge >= 0.3 is 0 Å². The van der Waals surface area contributed by atoms with Crippen molar-refractivity contribution in [1.82, 2.24) is 5.32 Å². The molecule has 0 unspecified atom stereocenters. The Kier molecular flexibility index (Phi) is 6.43. The minimum absolute atomic E-state index is 0.0464. The summed E-state index contributed by atoms with van der Waals surface area (Å²) in [6.07, 6.45) is 6.10. The maximum atomic E-state index is 13.1. The second-order valence-corrected chi connectivity index (χ2v) is 8.22. The van der Waals surface area contributed by atoms with E-state index in [0.29, 0.717) is 25.6 Å². The average molecular weight is 392 g/mol. The highest BCUT2D eigenvalue weighted by atomic mass is 16.5. The van der Waals surface area contributed by atoms with Crippen LogP contribution in [0.2, 0.25) is 0 Å². The Bertz CT molecular complexity index is 820. The van der Waals surface area contributed by atoms with E-state index in [1.807, 2.05) is 48.5 Å². The first-order chi connectivity index (χ1) is 14.2. The van der Waals surface area contributed by atoms with Crippen molar-refractivity contribution in [2.45, 2.75) is 25.5 Å². The van der Waals surface area contributed by atoms with E-state index < -0.39 is 0 Å². The lowest BCUT2D eigenvalue weighted by Crippen LogP contribution is -2.45. The third-order valence-electron chi connectivity index (χ3n) is 6.24. The number of ether oxygens (including phenoxy) is 1. The number of nitrogens with one attached hydrogen (secondary N) is 1. The van der Waals surface area contributed by atoms with Crippen molar-refractivity contribution in [3.05, 3.63) is 83.9 Å². The van der Waals surface area contributed by atoms with Crippen LogP contribution in [-0.2, 0) is 22.6 Å². The molecule has 5 atom stereocenters. The number of aliphatic hydroxyl groups is 1. The number of aliphatic hydroxyl groups excluding tert-OH is 1. The molecule has 2 aromatic rings. The number of hydrogen-bond donors (Lipinski definition) is 2. The molecular formula is C25H29NO3. The Balaban J connectivity index is 1.36. The summed E-state index contributed by atoms with van der Waals surface area (Å²) in [6, 6.07) is 19.8. The lowest BCUT2D eigenvalue weighted by Gasteiger charge is -2.29. The number of allylic oxidation sites excluding steroid dienone is 2. The number of hydrogen-bond acceptors (Lipinski definition) is 3. The molecule has 2 aliphatic carbocycles. The van der Waals surface area contributed by atoms with Crippen molar-refractivity contribution in [3.8, 4) is 0 Å². The summed E-state index contributed by atoms with van der Waals surface area (Å²) in [5, 5.41) is 12.9. The van der Waals surface area contributed by atoms with E-state index in [4.69, 9.17) is 4.74 Å². The quantitative estimate of drug-likeness (QED) is 0.645. The summed E-state index contributed by atoms with van der Waals surface area (Å²) in [4.78, 5) is 13.1. The van der Waals surface area contributed by atoms with Crippen LogP contribution in [0.25, 0.3) is 0 Å². The molecule has 2 aromatic carbocycles. The Morgan fingerprint density at radius 3 is 2.34 bits per heavy atom. The van der Waals surface area contributed by atoms with Gasteiger partial charge in [-0.1, -0.05) is 72.8 Å². The van der Waals surface area contributed by atoms with Crippen LogP contribution in [0.4, 0.5) is 0 Å². The fourth-order valence-corrected chi connectivity index (χ4v) is 4.78. The first-order valence-corrected chi connectivity index (χ1v) is 10.5. The van der Waals surface area contributed by atoms with Gasteiger partial charge in [0.05, 0.1) is 25.9 Å². The highest BCUT2D eigenvalue weighted by Gasteiger charge is 2.48. The molecule has 2 N–H and O–H groups in total. The number of benzene rings is 2. The second-order valence-electron chi connectivity index (χ2n) is 8.22. The topological polar surface area (TPSA) is 58.6 Å². The van der Waals surface area contributed by atoms with Crippen LogP contribution in [-0.4, -0.2) is 30.3 Å². The zero-order chi connectivity index (χ0) is 20.1. The van der Waals surface area contributed by atoms with Crippen LogP contribution < -0.4 is 5.32 Å². The van der Waals surface area contributed by atoms with Gasteiger partial charge in [0.25, 0.3) is 0 Å². The molecule has 1 saturated carbocycles. The van der Waals surface area contributed by atoms with Gasteiger partial charge in [-0.2, -0.15) is 0 Å². The average Bonchev–Trinajstić information content (AvgIpc) is 3.36. The first-order valence-electron chi connectivity index (χ1n) is 10.5. The zero-order valence-corrected chi connectivity index (χ0v) is 16.6. The van der Waals surface area contributed by atoms with Gasteiger partial charge in [0.15, 0.2) is 0 Å². The molecule has 0 radical (unpaired) electrons. The van der Waals surface area contributed by atoms with Crippen LogP contribution in [0, 0.1) is 23.7 Å². The van der Waals surface area contributed by atoms with E-state index in [9.17, 15) is 9.90 Å². The van der Waals surface area contributed by atoms with Crippen molar-refractivity contribution < 1.29 is 14.6 Å². The molecule has 4 heteroatoms. The fourth-order valence-electron chi connectivity index (χ4n) is 4.78. The fraction of sp³-hybridized carbons (Fsp3) is 0.400. The third kappa shape index (κ3) is 4.77. The van der Waals surface area contributed by atoms with Crippen molar-refractivity contribution in [3.63, 3.8) is 0 Å². The summed E-state index contributed by atoms with van der Waals surface area (Å²) in [6.45, 7) is 1.09. The van der Waals surface area contributed by atoms with Crippen LogP contribution in [0.1, 0.15) is 17.5 Å². The Hall–Kier alpha value is -2.43. The lowest BCUT2D eigenvalue weighted by molar-refractivity contribution is -0.129. The van der Waals surface area contributed by atoms with Crippen LogP contribution in [0.5, 0.6) is 0 Å². The number of carbonyl (C=O) groups excluding carboxylic acids is 1. The van der Waals surface area contributed by atoms with E-state index in [1.54, 1.807) is 0 Å². The highest BCUT2D eigenvalue weighted by Crippen LogP contribution is 2.48. The molecule has 4 rings (SSSR count). The summed E-state index contributed by atoms with van der Waals surface area (Å²) in [7, 11) is 0. The minimum atomic E-state index is -0.265. The van der Waals surface area contributed by atoms with Gasteiger partial charge in [0.2, 0.25) is 5.91 Å². The van der Waals surface area contributed by atoms with Gasteiger partial charge in [-0.05, 0) is 35.8 Å². The summed E-state index contributed by atoms with van der Waals surface area (Å²) in [5.74, 6) is 0.857. The van der Waals surface area contributed by atoms with Gasteiger partial charge in [0, 0.05) is 11.8 Å². The normalized spacial score (nSPS) is 25.8. The molecular weight excluding hydrogens is 362 g/mol. The maximum Gasteiger partial charge on any atom is 0.224 e. The standard InChI is InChI=1S/C25H29NO3/c27-15-22(13-18-7-3-1-4-8-18)26-25(28)24-21-12-11-20(14-21)23(24)17-29-16-19-9-5-2-6-10-19/h1-12,20-24,27H,13-17H2,(H,26,28)/t20-,21+,22+,23-,24+/m1/s1. The van der Waals surface area contributed by atoms with Gasteiger partial charge in [0.1, 0.15) is 0 Å². The zero-order valence-electron chi connectivity index (χ0n) is 16.6. The number of rotatable bonds is 9. The van der Waals surface area contributed by atoms with Gasteiger partial charge in [-0.25, -0.2) is 0 Å². The third-order valence-corrected chi connectivity index (χ3v) is 6.24. The van der Waals surface area contributed by atoms with Crippen LogP contribution in [0.15, 0.2) is 72.8 Å². The molecule has 2 aliphatic rings. The van der Waals surface area contributed by atoms with E-state index in [-0.39, 0.29) is 36.3 Å². The van der Waals surface area contributed by atoms with Gasteiger partial charge in [-0.3, -0.25) is 4.79 Å². The van der Waals surface area contributed by atoms with Crippen molar-refractivity contribution >= 4 is 5.91 Å².